The first-order valence-electron chi connectivity index (χ1n) is 7.02. The van der Waals surface area contributed by atoms with Gasteiger partial charge in [0.05, 0.1) is 5.56 Å². The average Bonchev–Trinajstić information content (AvgIpc) is 2.45. The Balaban J connectivity index is 1.96. The Morgan fingerprint density at radius 2 is 1.85 bits per heavy atom. The largest absolute Gasteiger partial charge is 0.416 e. The predicted octanol–water partition coefficient (Wildman–Crippen LogP) is 3.92. The molecule has 0 spiro atoms. The SMILES string of the molecule is OCC1CCCCC1CNc1cccc(C(F)(F)F)c1. The summed E-state index contributed by atoms with van der Waals surface area (Å²) >= 11 is 0. The van der Waals surface area contributed by atoms with E-state index in [0.717, 1.165) is 37.8 Å². The monoisotopic (exact) mass is 287 g/mol. The molecule has 2 N–H and O–H groups in total. The molecule has 2 rings (SSSR count). The molecule has 1 fully saturated rings. The van der Waals surface area contributed by atoms with Crippen molar-refractivity contribution >= 4 is 5.69 Å². The van der Waals surface area contributed by atoms with Crippen LogP contribution in [0, 0.1) is 11.8 Å². The van der Waals surface area contributed by atoms with Gasteiger partial charge in [-0.1, -0.05) is 18.9 Å². The second-order valence-electron chi connectivity index (χ2n) is 5.45. The van der Waals surface area contributed by atoms with Gasteiger partial charge in [-0.25, -0.2) is 0 Å². The van der Waals surface area contributed by atoms with Crippen molar-refractivity contribution in [2.24, 2.45) is 11.8 Å². The number of nitrogens with one attached hydrogen (secondary N) is 1. The van der Waals surface area contributed by atoms with Crippen LogP contribution in [0.4, 0.5) is 18.9 Å². The van der Waals surface area contributed by atoms with E-state index in [9.17, 15) is 18.3 Å². The van der Waals surface area contributed by atoms with Crippen molar-refractivity contribution in [2.45, 2.75) is 31.9 Å². The van der Waals surface area contributed by atoms with Crippen LogP contribution < -0.4 is 5.32 Å². The number of aliphatic hydroxyl groups is 1. The summed E-state index contributed by atoms with van der Waals surface area (Å²) in [6.07, 6.45) is -0.0183. The van der Waals surface area contributed by atoms with Gasteiger partial charge in [0.15, 0.2) is 0 Å². The van der Waals surface area contributed by atoms with Gasteiger partial charge >= 0.3 is 6.18 Å². The number of alkyl halides is 3. The van der Waals surface area contributed by atoms with E-state index in [1.807, 2.05) is 0 Å². The highest BCUT2D eigenvalue weighted by Gasteiger charge is 2.30. The summed E-state index contributed by atoms with van der Waals surface area (Å²) in [6.45, 7) is 0.779. The normalized spacial score (nSPS) is 23.6. The molecule has 5 heteroatoms. The third-order valence-corrected chi connectivity index (χ3v) is 4.06. The van der Waals surface area contributed by atoms with Gasteiger partial charge in [-0.05, 0) is 42.9 Å². The Hall–Kier alpha value is -1.23. The number of rotatable bonds is 4. The third kappa shape index (κ3) is 3.88. The zero-order chi connectivity index (χ0) is 14.6. The highest BCUT2D eigenvalue weighted by atomic mass is 19.4. The standard InChI is InChI=1S/C15H20F3NO/c16-15(17,18)13-6-3-7-14(8-13)19-9-11-4-1-2-5-12(11)10-20/h3,6-8,11-12,19-20H,1-2,4-5,9-10H2. The highest BCUT2D eigenvalue weighted by molar-refractivity contribution is 5.46. The van der Waals surface area contributed by atoms with Gasteiger partial charge < -0.3 is 10.4 Å². The molecule has 0 radical (unpaired) electrons. The first kappa shape index (κ1) is 15.2. The summed E-state index contributed by atoms with van der Waals surface area (Å²) in [5.41, 5.74) is -0.146. The molecule has 0 aliphatic heterocycles. The molecule has 1 aromatic rings. The third-order valence-electron chi connectivity index (χ3n) is 4.06. The minimum atomic E-state index is -4.31. The molecule has 1 saturated carbocycles. The first-order chi connectivity index (χ1) is 9.50. The van der Waals surface area contributed by atoms with E-state index in [1.165, 1.54) is 6.07 Å². The maximum atomic E-state index is 12.6. The number of hydrogen-bond donors (Lipinski definition) is 2. The summed E-state index contributed by atoms with van der Waals surface area (Å²) < 4.78 is 37.9. The Morgan fingerprint density at radius 1 is 1.15 bits per heavy atom. The van der Waals surface area contributed by atoms with E-state index in [-0.39, 0.29) is 12.5 Å². The van der Waals surface area contributed by atoms with E-state index < -0.39 is 11.7 Å². The highest BCUT2D eigenvalue weighted by Crippen LogP contribution is 2.32. The molecular formula is C15H20F3NO. The fraction of sp³-hybridized carbons (Fsp3) is 0.600. The fourth-order valence-electron chi connectivity index (χ4n) is 2.85. The van der Waals surface area contributed by atoms with Gasteiger partial charge in [0.25, 0.3) is 0 Å². The van der Waals surface area contributed by atoms with Crippen molar-refractivity contribution in [1.82, 2.24) is 0 Å². The Kier molecular flexibility index (Phi) is 4.91. The molecule has 2 atom stereocenters. The zero-order valence-corrected chi connectivity index (χ0v) is 11.3. The van der Waals surface area contributed by atoms with Crippen molar-refractivity contribution < 1.29 is 18.3 Å². The number of halogens is 3. The van der Waals surface area contributed by atoms with E-state index in [0.29, 0.717) is 18.2 Å². The molecule has 1 aromatic carbocycles. The van der Waals surface area contributed by atoms with Crippen LogP contribution in [0.25, 0.3) is 0 Å². The van der Waals surface area contributed by atoms with Gasteiger partial charge in [-0.3, -0.25) is 0 Å². The van der Waals surface area contributed by atoms with Gasteiger partial charge in [0.2, 0.25) is 0 Å². The Morgan fingerprint density at radius 3 is 2.50 bits per heavy atom. The molecule has 2 unspecified atom stereocenters. The van der Waals surface area contributed by atoms with Crippen molar-refractivity contribution in [3.05, 3.63) is 29.8 Å². The molecule has 1 aliphatic rings. The molecule has 0 amide bonds. The number of aliphatic hydroxyl groups excluding tert-OH is 1. The molecule has 2 nitrogen and oxygen atoms in total. The molecule has 0 bridgehead atoms. The van der Waals surface area contributed by atoms with Crippen LogP contribution in [-0.4, -0.2) is 18.3 Å². The number of benzene rings is 1. The molecule has 112 valence electrons. The molecule has 0 saturated heterocycles. The number of anilines is 1. The van der Waals surface area contributed by atoms with Gasteiger partial charge in [0.1, 0.15) is 0 Å². The lowest BCUT2D eigenvalue weighted by atomic mass is 9.79. The van der Waals surface area contributed by atoms with Crippen molar-refractivity contribution in [3.63, 3.8) is 0 Å². The second kappa shape index (κ2) is 6.48. The summed E-state index contributed by atoms with van der Waals surface area (Å²) in [6, 6.07) is 5.26. The van der Waals surface area contributed by atoms with E-state index in [2.05, 4.69) is 5.32 Å². The quantitative estimate of drug-likeness (QED) is 0.880. The maximum absolute atomic E-state index is 12.6. The minimum Gasteiger partial charge on any atom is -0.396 e. The van der Waals surface area contributed by atoms with Gasteiger partial charge in [-0.2, -0.15) is 13.2 Å². The van der Waals surface area contributed by atoms with E-state index >= 15 is 0 Å². The van der Waals surface area contributed by atoms with Crippen LogP contribution >= 0.6 is 0 Å². The maximum Gasteiger partial charge on any atom is 0.416 e. The lowest BCUT2D eigenvalue weighted by Gasteiger charge is -2.30. The van der Waals surface area contributed by atoms with Crippen LogP contribution in [0.1, 0.15) is 31.2 Å². The van der Waals surface area contributed by atoms with E-state index in [1.54, 1.807) is 6.07 Å². The summed E-state index contributed by atoms with van der Waals surface area (Å²) in [5, 5.41) is 12.4. The van der Waals surface area contributed by atoms with E-state index in [4.69, 9.17) is 0 Å². The lowest BCUT2D eigenvalue weighted by molar-refractivity contribution is -0.137. The molecule has 20 heavy (non-hydrogen) atoms. The first-order valence-corrected chi connectivity index (χ1v) is 7.02. The van der Waals surface area contributed by atoms with Crippen LogP contribution in [-0.2, 0) is 6.18 Å². The second-order valence-corrected chi connectivity index (χ2v) is 5.45. The summed E-state index contributed by atoms with van der Waals surface area (Å²) in [5.74, 6) is 0.602. The smallest absolute Gasteiger partial charge is 0.396 e. The van der Waals surface area contributed by atoms with Crippen LogP contribution in [0.15, 0.2) is 24.3 Å². The van der Waals surface area contributed by atoms with Crippen LogP contribution in [0.5, 0.6) is 0 Å². The zero-order valence-electron chi connectivity index (χ0n) is 11.3. The van der Waals surface area contributed by atoms with Crippen molar-refractivity contribution in [2.75, 3.05) is 18.5 Å². The van der Waals surface area contributed by atoms with Crippen molar-refractivity contribution in [1.29, 1.82) is 0 Å². The van der Waals surface area contributed by atoms with Gasteiger partial charge in [0, 0.05) is 18.8 Å². The minimum absolute atomic E-state index is 0.162. The van der Waals surface area contributed by atoms with Crippen LogP contribution in [0.2, 0.25) is 0 Å². The summed E-state index contributed by atoms with van der Waals surface area (Å²) in [7, 11) is 0. The molecule has 1 aliphatic carbocycles. The lowest BCUT2D eigenvalue weighted by Crippen LogP contribution is -2.28. The fourth-order valence-corrected chi connectivity index (χ4v) is 2.85. The van der Waals surface area contributed by atoms with Crippen LogP contribution in [0.3, 0.4) is 0 Å². The predicted molar refractivity (Wildman–Crippen MR) is 72.5 cm³/mol. The molecule has 0 heterocycles. The average molecular weight is 287 g/mol. The van der Waals surface area contributed by atoms with Gasteiger partial charge in [-0.15, -0.1) is 0 Å². The Bertz CT molecular complexity index is 433. The topological polar surface area (TPSA) is 32.3 Å². The van der Waals surface area contributed by atoms with Crippen molar-refractivity contribution in [3.8, 4) is 0 Å². The summed E-state index contributed by atoms with van der Waals surface area (Å²) in [4.78, 5) is 0. The number of hydrogen-bond acceptors (Lipinski definition) is 2. The molecular weight excluding hydrogens is 267 g/mol. The molecule has 0 aromatic heterocycles. The Labute approximate surface area is 117 Å².